The van der Waals surface area contributed by atoms with Crippen LogP contribution < -0.4 is 4.90 Å². The fourth-order valence-electron chi connectivity index (χ4n) is 2.72. The first-order valence-corrected chi connectivity index (χ1v) is 7.58. The first kappa shape index (κ1) is 13.7. The van der Waals surface area contributed by atoms with Crippen LogP contribution in [0.3, 0.4) is 0 Å². The van der Waals surface area contributed by atoms with Gasteiger partial charge in [-0.25, -0.2) is 4.39 Å². The van der Waals surface area contributed by atoms with Crippen LogP contribution in [0.1, 0.15) is 42.8 Å². The first-order valence-electron chi connectivity index (χ1n) is 7.20. The van der Waals surface area contributed by atoms with Gasteiger partial charge >= 0.3 is 0 Å². The van der Waals surface area contributed by atoms with Gasteiger partial charge in [0.2, 0.25) is 11.8 Å². The van der Waals surface area contributed by atoms with E-state index in [9.17, 15) is 9.18 Å². The maximum Gasteiger partial charge on any atom is 0.232 e. The second-order valence-corrected chi connectivity index (χ2v) is 6.20. The maximum atomic E-state index is 13.9. The molecule has 0 spiro atoms. The van der Waals surface area contributed by atoms with E-state index in [1.807, 2.05) is 0 Å². The number of halogens is 2. The Labute approximate surface area is 131 Å². The molecule has 114 valence electrons. The third-order valence-electron chi connectivity index (χ3n) is 4.07. The minimum absolute atomic E-state index is 0.169. The quantitative estimate of drug-likeness (QED) is 0.870. The van der Waals surface area contributed by atoms with E-state index in [0.717, 1.165) is 18.7 Å². The van der Waals surface area contributed by atoms with Crippen LogP contribution in [-0.4, -0.2) is 22.6 Å². The van der Waals surface area contributed by atoms with Crippen molar-refractivity contribution < 1.29 is 13.7 Å². The molecule has 1 saturated carbocycles. The fraction of sp³-hybridized carbons (Fsp3) is 0.400. The Morgan fingerprint density at radius 3 is 2.91 bits per heavy atom. The van der Waals surface area contributed by atoms with Crippen LogP contribution in [0.4, 0.5) is 10.1 Å². The monoisotopic (exact) mass is 321 g/mol. The molecule has 1 aromatic carbocycles. The van der Waals surface area contributed by atoms with Crippen LogP contribution >= 0.6 is 11.6 Å². The topological polar surface area (TPSA) is 59.2 Å². The SMILES string of the molecule is O=C1CC(c2nc(C3CC3)no2)CN1c1cc(Cl)ccc1F. The number of carbonyl (C=O) groups is 1. The highest BCUT2D eigenvalue weighted by Crippen LogP contribution is 2.39. The highest BCUT2D eigenvalue weighted by atomic mass is 35.5. The molecule has 1 saturated heterocycles. The standard InChI is InChI=1S/C15H13ClFN3O2/c16-10-3-4-11(17)12(6-10)20-7-9(5-13(20)21)15-18-14(19-22-15)8-1-2-8/h3-4,6,8-9H,1-2,5,7H2. The Balaban J connectivity index is 1.58. The minimum atomic E-state index is -0.470. The largest absolute Gasteiger partial charge is 0.339 e. The lowest BCUT2D eigenvalue weighted by atomic mass is 10.1. The van der Waals surface area contributed by atoms with Gasteiger partial charge in [-0.3, -0.25) is 4.79 Å². The molecule has 2 heterocycles. The average molecular weight is 322 g/mol. The van der Waals surface area contributed by atoms with E-state index < -0.39 is 5.82 Å². The van der Waals surface area contributed by atoms with E-state index in [0.29, 0.717) is 23.4 Å². The molecular weight excluding hydrogens is 309 g/mol. The van der Waals surface area contributed by atoms with Gasteiger partial charge in [0.25, 0.3) is 0 Å². The van der Waals surface area contributed by atoms with Gasteiger partial charge in [0.05, 0.1) is 11.6 Å². The van der Waals surface area contributed by atoms with Gasteiger partial charge in [0.15, 0.2) is 5.82 Å². The molecule has 2 aromatic rings. The van der Waals surface area contributed by atoms with E-state index in [-0.39, 0.29) is 23.9 Å². The second kappa shape index (κ2) is 5.05. The molecule has 1 aliphatic carbocycles. The third-order valence-corrected chi connectivity index (χ3v) is 4.31. The van der Waals surface area contributed by atoms with Crippen LogP contribution in [0, 0.1) is 5.82 Å². The zero-order chi connectivity index (χ0) is 15.3. The summed E-state index contributed by atoms with van der Waals surface area (Å²) in [4.78, 5) is 18.0. The Kier molecular flexibility index (Phi) is 3.14. The van der Waals surface area contributed by atoms with E-state index in [1.54, 1.807) is 0 Å². The molecule has 2 aliphatic rings. The zero-order valence-electron chi connectivity index (χ0n) is 11.6. The Hall–Kier alpha value is -1.95. The molecule has 1 atom stereocenters. The highest BCUT2D eigenvalue weighted by Gasteiger charge is 2.37. The van der Waals surface area contributed by atoms with E-state index in [4.69, 9.17) is 16.1 Å². The summed E-state index contributed by atoms with van der Waals surface area (Å²) in [6.45, 7) is 0.322. The summed E-state index contributed by atoms with van der Waals surface area (Å²) < 4.78 is 19.2. The number of hydrogen-bond acceptors (Lipinski definition) is 4. The molecule has 1 aromatic heterocycles. The lowest BCUT2D eigenvalue weighted by Gasteiger charge is -2.17. The van der Waals surface area contributed by atoms with Gasteiger partial charge in [0, 0.05) is 23.9 Å². The highest BCUT2D eigenvalue weighted by molar-refractivity contribution is 6.31. The van der Waals surface area contributed by atoms with Crippen LogP contribution in [-0.2, 0) is 4.79 Å². The van der Waals surface area contributed by atoms with Crippen molar-refractivity contribution in [2.45, 2.75) is 31.1 Å². The van der Waals surface area contributed by atoms with Crippen molar-refractivity contribution >= 4 is 23.2 Å². The van der Waals surface area contributed by atoms with Crippen molar-refractivity contribution in [2.24, 2.45) is 0 Å². The number of hydrogen-bond donors (Lipinski definition) is 0. The minimum Gasteiger partial charge on any atom is -0.339 e. The summed E-state index contributed by atoms with van der Waals surface area (Å²) in [6.07, 6.45) is 2.41. The average Bonchev–Trinajstić information content (AvgIpc) is 3.10. The number of amides is 1. The second-order valence-electron chi connectivity index (χ2n) is 5.77. The molecule has 1 aliphatic heterocycles. The van der Waals surface area contributed by atoms with Gasteiger partial charge in [-0.15, -0.1) is 0 Å². The van der Waals surface area contributed by atoms with Crippen LogP contribution in [0.5, 0.6) is 0 Å². The van der Waals surface area contributed by atoms with E-state index in [2.05, 4.69) is 10.1 Å². The Bertz CT molecular complexity index is 744. The normalized spacial score (nSPS) is 21.6. The van der Waals surface area contributed by atoms with Crippen molar-refractivity contribution in [3.05, 3.63) is 40.8 Å². The number of nitrogens with zero attached hydrogens (tertiary/aromatic N) is 3. The molecule has 1 unspecified atom stereocenters. The predicted molar refractivity (Wildman–Crippen MR) is 77.4 cm³/mol. The van der Waals surface area contributed by atoms with Gasteiger partial charge in [-0.2, -0.15) is 4.98 Å². The summed E-state index contributed by atoms with van der Waals surface area (Å²) in [5.74, 6) is 0.733. The van der Waals surface area contributed by atoms with Crippen molar-refractivity contribution in [3.63, 3.8) is 0 Å². The number of benzene rings is 1. The molecule has 0 N–H and O–H groups in total. The van der Waals surface area contributed by atoms with Crippen molar-refractivity contribution in [1.29, 1.82) is 0 Å². The van der Waals surface area contributed by atoms with Crippen LogP contribution in [0.25, 0.3) is 0 Å². The number of rotatable bonds is 3. The number of carbonyl (C=O) groups excluding carboxylic acids is 1. The maximum absolute atomic E-state index is 13.9. The summed E-state index contributed by atoms with van der Waals surface area (Å²) in [6, 6.07) is 4.18. The van der Waals surface area contributed by atoms with Gasteiger partial charge in [0.1, 0.15) is 5.82 Å². The van der Waals surface area contributed by atoms with Crippen LogP contribution in [0.2, 0.25) is 5.02 Å². The summed E-state index contributed by atoms with van der Waals surface area (Å²) >= 11 is 5.90. The molecule has 22 heavy (non-hydrogen) atoms. The van der Waals surface area contributed by atoms with Crippen molar-refractivity contribution in [1.82, 2.24) is 10.1 Å². The molecule has 7 heteroatoms. The smallest absolute Gasteiger partial charge is 0.232 e. The summed E-state index contributed by atoms with van der Waals surface area (Å²) in [5.41, 5.74) is 0.196. The Morgan fingerprint density at radius 2 is 2.14 bits per heavy atom. The third kappa shape index (κ3) is 2.37. The molecule has 1 amide bonds. The van der Waals surface area contributed by atoms with E-state index >= 15 is 0 Å². The van der Waals surface area contributed by atoms with E-state index in [1.165, 1.54) is 23.1 Å². The Morgan fingerprint density at radius 1 is 1.32 bits per heavy atom. The molecular formula is C15H13ClFN3O2. The molecule has 5 nitrogen and oxygen atoms in total. The summed E-state index contributed by atoms with van der Waals surface area (Å²) in [7, 11) is 0. The number of anilines is 1. The predicted octanol–water partition coefficient (Wildman–Crippen LogP) is 3.26. The molecule has 0 bridgehead atoms. The van der Waals surface area contributed by atoms with Gasteiger partial charge in [-0.1, -0.05) is 16.8 Å². The molecule has 0 radical (unpaired) electrons. The lowest BCUT2D eigenvalue weighted by molar-refractivity contribution is -0.117. The molecule has 2 fully saturated rings. The number of aromatic nitrogens is 2. The summed E-state index contributed by atoms with van der Waals surface area (Å²) in [5, 5.41) is 4.36. The van der Waals surface area contributed by atoms with Crippen molar-refractivity contribution in [3.8, 4) is 0 Å². The fourth-order valence-corrected chi connectivity index (χ4v) is 2.89. The molecule has 4 rings (SSSR count). The van der Waals surface area contributed by atoms with Gasteiger partial charge < -0.3 is 9.42 Å². The first-order chi connectivity index (χ1) is 10.6. The van der Waals surface area contributed by atoms with Crippen LogP contribution in [0.15, 0.2) is 22.7 Å². The lowest BCUT2D eigenvalue weighted by Crippen LogP contribution is -2.25. The van der Waals surface area contributed by atoms with Gasteiger partial charge in [-0.05, 0) is 31.0 Å². The van der Waals surface area contributed by atoms with Crippen molar-refractivity contribution in [2.75, 3.05) is 11.4 Å². The zero-order valence-corrected chi connectivity index (χ0v) is 12.4.